The van der Waals surface area contributed by atoms with Crippen molar-refractivity contribution in [3.63, 3.8) is 0 Å². The molecule has 3 aromatic rings. The van der Waals surface area contributed by atoms with Gasteiger partial charge in [0.15, 0.2) is 0 Å². The van der Waals surface area contributed by atoms with Crippen molar-refractivity contribution in [2.24, 2.45) is 0 Å². The number of halogens is 2. The molecule has 1 N–H and O–H groups in total. The molecule has 0 bridgehead atoms. The molecular weight excluding hydrogens is 351 g/mol. The predicted octanol–water partition coefficient (Wildman–Crippen LogP) is 2.87. The third-order valence-electron chi connectivity index (χ3n) is 3.38. The normalized spacial score (nSPS) is 12.1. The number of hydrogen-bond acceptors (Lipinski definition) is 4. The molecule has 1 aromatic heterocycles. The van der Waals surface area contributed by atoms with Gasteiger partial charge in [0, 0.05) is 16.6 Å². The fourth-order valence-electron chi connectivity index (χ4n) is 2.08. The number of aromatic nitrogens is 3. The summed E-state index contributed by atoms with van der Waals surface area (Å²) in [5, 5.41) is 11.8. The first kappa shape index (κ1) is 16.5. The maximum absolute atomic E-state index is 12.2. The van der Waals surface area contributed by atoms with Gasteiger partial charge in [-0.3, -0.25) is 4.79 Å². The van der Waals surface area contributed by atoms with Crippen LogP contribution in [0.1, 0.15) is 12.5 Å². The Hall–Kier alpha value is -2.31. The van der Waals surface area contributed by atoms with Crippen LogP contribution >= 0.6 is 23.2 Å². The van der Waals surface area contributed by atoms with Crippen molar-refractivity contribution >= 4 is 40.1 Å². The van der Waals surface area contributed by atoms with E-state index in [1.807, 2.05) is 12.1 Å². The predicted molar refractivity (Wildman–Crippen MR) is 91.9 cm³/mol. The van der Waals surface area contributed by atoms with Crippen molar-refractivity contribution in [2.45, 2.75) is 19.6 Å². The molecule has 24 heavy (non-hydrogen) atoms. The Bertz CT molecular complexity index is 864. The molecule has 0 fully saturated rings. The summed E-state index contributed by atoms with van der Waals surface area (Å²) in [7, 11) is 0. The quantitative estimate of drug-likeness (QED) is 0.755. The zero-order valence-corrected chi connectivity index (χ0v) is 14.3. The molecule has 124 valence electrons. The first-order valence-corrected chi connectivity index (χ1v) is 7.99. The minimum absolute atomic E-state index is 0.268. The van der Waals surface area contributed by atoms with Gasteiger partial charge in [0.1, 0.15) is 11.0 Å². The Morgan fingerprint density at radius 2 is 1.92 bits per heavy atom. The number of benzene rings is 2. The summed E-state index contributed by atoms with van der Waals surface area (Å²) in [5.74, 6) is -0.268. The van der Waals surface area contributed by atoms with Gasteiger partial charge >= 0.3 is 0 Å². The number of fused-ring (bicyclic) bond motifs is 1. The number of hydrogen-bond donors (Lipinski definition) is 1. The Morgan fingerprint density at radius 3 is 2.67 bits per heavy atom. The summed E-state index contributed by atoms with van der Waals surface area (Å²) < 4.78 is 0. The molecule has 0 aliphatic heterocycles. The van der Waals surface area contributed by atoms with E-state index < -0.39 is 6.10 Å². The minimum Gasteiger partial charge on any atom is -0.382 e. The van der Waals surface area contributed by atoms with Crippen LogP contribution < -0.4 is 10.2 Å². The van der Waals surface area contributed by atoms with Gasteiger partial charge in [0.25, 0.3) is 5.91 Å². The van der Waals surface area contributed by atoms with Gasteiger partial charge in [-0.2, -0.15) is 0 Å². The lowest BCUT2D eigenvalue weighted by atomic mass is 10.2. The summed E-state index contributed by atoms with van der Waals surface area (Å²) in [6.07, 6.45) is -0.749. The maximum atomic E-state index is 12.2. The second kappa shape index (κ2) is 7.07. The van der Waals surface area contributed by atoms with Crippen LogP contribution in [0.15, 0.2) is 42.5 Å². The van der Waals surface area contributed by atoms with Crippen LogP contribution in [-0.4, -0.2) is 27.2 Å². The van der Waals surface area contributed by atoms with Crippen LogP contribution in [-0.2, 0) is 11.3 Å². The van der Waals surface area contributed by atoms with Crippen LogP contribution in [0, 0.1) is 0 Å². The lowest BCUT2D eigenvalue weighted by molar-refractivity contribution is -0.133. The highest BCUT2D eigenvalue weighted by molar-refractivity contribution is 6.31. The molecule has 0 saturated carbocycles. The van der Waals surface area contributed by atoms with Crippen LogP contribution in [0.3, 0.4) is 0 Å². The fraction of sp³-hybridized carbons (Fsp3) is 0.188. The van der Waals surface area contributed by atoms with Gasteiger partial charge in [0.2, 0.25) is 6.10 Å². The van der Waals surface area contributed by atoms with Gasteiger partial charge < -0.3 is 10.2 Å². The topological polar surface area (TPSA) is 69.0 Å². The molecule has 6 nitrogen and oxygen atoms in total. The monoisotopic (exact) mass is 364 g/mol. The second-order valence-corrected chi connectivity index (χ2v) is 6.06. The number of carbonyl (C=O) groups excluding carboxylic acids is 1. The summed E-state index contributed by atoms with van der Waals surface area (Å²) in [5.41, 5.74) is 2.17. The Kier molecular flexibility index (Phi) is 4.87. The summed E-state index contributed by atoms with van der Waals surface area (Å²) in [6.45, 7) is 2.02. The molecule has 2 aromatic carbocycles. The number of amides is 1. The van der Waals surface area contributed by atoms with Crippen molar-refractivity contribution in [3.8, 4) is 0 Å². The number of rotatable bonds is 5. The molecule has 1 heterocycles. The first-order valence-electron chi connectivity index (χ1n) is 7.23. The van der Waals surface area contributed by atoms with Gasteiger partial charge in [0.05, 0.1) is 0 Å². The number of nitrogens with zero attached hydrogens (tertiary/aromatic N) is 3. The number of nitrogens with one attached hydrogen (secondary N) is 1. The third kappa shape index (κ3) is 3.77. The van der Waals surface area contributed by atoms with E-state index in [0.717, 1.165) is 5.56 Å². The molecule has 0 aliphatic rings. The lowest BCUT2D eigenvalue weighted by Crippen LogP contribution is -2.39. The molecular formula is C16H14Cl2N4O2. The number of carbonyl (C=O) groups is 1. The van der Waals surface area contributed by atoms with E-state index in [-0.39, 0.29) is 5.91 Å². The summed E-state index contributed by atoms with van der Waals surface area (Å²) in [4.78, 5) is 18.9. The fourth-order valence-corrected chi connectivity index (χ4v) is 2.37. The molecule has 1 amide bonds. The molecule has 0 radical (unpaired) electrons. The van der Waals surface area contributed by atoms with E-state index in [0.29, 0.717) is 27.6 Å². The van der Waals surface area contributed by atoms with E-state index in [9.17, 15) is 4.79 Å². The minimum atomic E-state index is -0.749. The molecule has 0 aliphatic carbocycles. The highest BCUT2D eigenvalue weighted by Crippen LogP contribution is 2.16. The van der Waals surface area contributed by atoms with Crippen LogP contribution in [0.5, 0.6) is 0 Å². The van der Waals surface area contributed by atoms with Gasteiger partial charge in [-0.25, -0.2) is 0 Å². The molecule has 3 rings (SSSR count). The molecule has 1 atom stereocenters. The maximum Gasteiger partial charge on any atom is 0.263 e. The van der Waals surface area contributed by atoms with E-state index in [4.69, 9.17) is 28.0 Å². The molecule has 8 heteroatoms. The summed E-state index contributed by atoms with van der Waals surface area (Å²) in [6, 6.07) is 12.4. The molecule has 0 saturated heterocycles. The zero-order chi connectivity index (χ0) is 17.1. The van der Waals surface area contributed by atoms with Crippen molar-refractivity contribution < 1.29 is 9.63 Å². The van der Waals surface area contributed by atoms with E-state index >= 15 is 0 Å². The summed E-state index contributed by atoms with van der Waals surface area (Å²) >= 11 is 11.8. The van der Waals surface area contributed by atoms with E-state index in [1.165, 1.54) is 4.85 Å². The largest absolute Gasteiger partial charge is 0.382 e. The van der Waals surface area contributed by atoms with Crippen LogP contribution in [0.2, 0.25) is 10.0 Å². The standard InChI is InChI=1S/C16H14Cl2N4O2/c1-10(16(23)19-9-11-2-4-12(17)5-3-11)24-22-15-8-13(18)6-7-14(15)20-21-22/h2-8,10H,9H2,1H3,(H,19,23). The van der Waals surface area contributed by atoms with Gasteiger partial charge in [-0.1, -0.05) is 40.2 Å². The van der Waals surface area contributed by atoms with Crippen molar-refractivity contribution in [2.75, 3.05) is 0 Å². The van der Waals surface area contributed by atoms with Crippen LogP contribution in [0.4, 0.5) is 0 Å². The Morgan fingerprint density at radius 1 is 1.21 bits per heavy atom. The average Bonchev–Trinajstić information content (AvgIpc) is 2.96. The molecule has 1 unspecified atom stereocenters. The highest BCUT2D eigenvalue weighted by atomic mass is 35.5. The van der Waals surface area contributed by atoms with Crippen molar-refractivity contribution in [1.29, 1.82) is 0 Å². The average molecular weight is 365 g/mol. The lowest BCUT2D eigenvalue weighted by Gasteiger charge is -2.14. The van der Waals surface area contributed by atoms with Crippen molar-refractivity contribution in [1.82, 2.24) is 20.5 Å². The second-order valence-electron chi connectivity index (χ2n) is 5.19. The van der Waals surface area contributed by atoms with E-state index in [1.54, 1.807) is 37.3 Å². The van der Waals surface area contributed by atoms with Gasteiger partial charge in [-0.05, 0) is 48.0 Å². The van der Waals surface area contributed by atoms with Crippen LogP contribution in [0.25, 0.3) is 11.0 Å². The Balaban J connectivity index is 1.63. The van der Waals surface area contributed by atoms with Crippen molar-refractivity contribution in [3.05, 3.63) is 58.1 Å². The SMILES string of the molecule is CC(On1nnc2ccc(Cl)cc21)C(=O)NCc1ccc(Cl)cc1. The smallest absolute Gasteiger partial charge is 0.263 e. The molecule has 0 spiro atoms. The zero-order valence-electron chi connectivity index (χ0n) is 12.7. The van der Waals surface area contributed by atoms with Gasteiger partial charge in [-0.15, -0.1) is 5.10 Å². The first-order chi connectivity index (χ1) is 11.5. The highest BCUT2D eigenvalue weighted by Gasteiger charge is 2.17. The Labute approximate surface area is 148 Å². The van der Waals surface area contributed by atoms with E-state index in [2.05, 4.69) is 15.6 Å². The third-order valence-corrected chi connectivity index (χ3v) is 3.87.